The number of amides is 2. The summed E-state index contributed by atoms with van der Waals surface area (Å²) in [5, 5.41) is 5.23. The summed E-state index contributed by atoms with van der Waals surface area (Å²) >= 11 is 1.76. The molecule has 2 unspecified atom stereocenters. The third kappa shape index (κ3) is 5.97. The fourth-order valence-corrected chi connectivity index (χ4v) is 5.60. The van der Waals surface area contributed by atoms with E-state index in [-0.39, 0.29) is 17.7 Å². The quantitative estimate of drug-likeness (QED) is 0.404. The van der Waals surface area contributed by atoms with Gasteiger partial charge in [0.1, 0.15) is 18.4 Å². The minimum atomic E-state index is -0.485. The van der Waals surface area contributed by atoms with E-state index in [1.165, 1.54) is 21.6 Å². The molecule has 1 N–H and O–H groups in total. The van der Waals surface area contributed by atoms with E-state index in [1.807, 2.05) is 6.07 Å². The fraction of sp³-hybridized carbons (Fsp3) is 0.379. The monoisotopic (exact) mass is 506 g/mol. The Balaban J connectivity index is 1.39. The van der Waals surface area contributed by atoms with Gasteiger partial charge in [-0.25, -0.2) is 0 Å². The number of hydrogen-bond acceptors (Lipinski definition) is 5. The van der Waals surface area contributed by atoms with Gasteiger partial charge in [-0.05, 0) is 72.0 Å². The van der Waals surface area contributed by atoms with Crippen molar-refractivity contribution < 1.29 is 19.1 Å². The maximum Gasteiger partial charge on any atom is 0.254 e. The van der Waals surface area contributed by atoms with Crippen LogP contribution in [-0.2, 0) is 16.1 Å². The van der Waals surface area contributed by atoms with Gasteiger partial charge in [-0.15, -0.1) is 11.3 Å². The van der Waals surface area contributed by atoms with E-state index in [9.17, 15) is 9.59 Å². The molecule has 1 fully saturated rings. The van der Waals surface area contributed by atoms with Crippen LogP contribution in [-0.4, -0.2) is 49.6 Å². The first-order chi connectivity index (χ1) is 17.4. The van der Waals surface area contributed by atoms with Crippen LogP contribution in [0.1, 0.15) is 40.4 Å². The first-order valence-corrected chi connectivity index (χ1v) is 13.2. The van der Waals surface area contributed by atoms with Crippen LogP contribution < -0.4 is 10.1 Å². The molecule has 0 spiro atoms. The minimum Gasteiger partial charge on any atom is -0.491 e. The van der Waals surface area contributed by atoms with E-state index in [0.717, 1.165) is 5.56 Å². The number of carbonyl (C=O) groups is 2. The number of methoxy groups -OCH3 is 1. The number of nitrogens with one attached hydrogen (secondary N) is 1. The summed E-state index contributed by atoms with van der Waals surface area (Å²) in [6.07, 6.45) is 0.650. The Hall–Kier alpha value is -3.16. The van der Waals surface area contributed by atoms with Crippen molar-refractivity contribution in [2.24, 2.45) is 5.92 Å². The molecule has 1 saturated heterocycles. The summed E-state index contributed by atoms with van der Waals surface area (Å²) in [7, 11) is 1.62. The van der Waals surface area contributed by atoms with Crippen molar-refractivity contribution in [3.05, 3.63) is 76.2 Å². The molecule has 6 nitrogen and oxygen atoms in total. The molecule has 1 aliphatic rings. The van der Waals surface area contributed by atoms with Crippen molar-refractivity contribution in [2.75, 3.05) is 26.9 Å². The first kappa shape index (κ1) is 25.9. The van der Waals surface area contributed by atoms with Crippen molar-refractivity contribution >= 4 is 23.2 Å². The molecule has 2 aromatic carbocycles. The molecule has 2 amide bonds. The van der Waals surface area contributed by atoms with Crippen molar-refractivity contribution in [1.29, 1.82) is 0 Å². The van der Waals surface area contributed by atoms with Crippen molar-refractivity contribution in [1.82, 2.24) is 10.2 Å². The average Bonchev–Trinajstić information content (AvgIpc) is 3.44. The number of benzene rings is 2. The molecule has 0 radical (unpaired) electrons. The summed E-state index contributed by atoms with van der Waals surface area (Å²) in [6.45, 7) is 8.22. The van der Waals surface area contributed by atoms with E-state index in [0.29, 0.717) is 44.0 Å². The van der Waals surface area contributed by atoms with Crippen LogP contribution in [0.15, 0.2) is 53.9 Å². The largest absolute Gasteiger partial charge is 0.491 e. The Morgan fingerprint density at radius 3 is 2.58 bits per heavy atom. The molecule has 0 saturated carbocycles. The highest BCUT2D eigenvalue weighted by molar-refractivity contribution is 7.13. The van der Waals surface area contributed by atoms with Crippen LogP contribution in [0, 0.1) is 19.8 Å². The molecule has 2 atom stereocenters. The second kappa shape index (κ2) is 11.7. The average molecular weight is 507 g/mol. The molecule has 7 heteroatoms. The van der Waals surface area contributed by atoms with Crippen molar-refractivity contribution in [3.63, 3.8) is 0 Å². The molecule has 190 valence electrons. The smallest absolute Gasteiger partial charge is 0.254 e. The summed E-state index contributed by atoms with van der Waals surface area (Å²) in [4.78, 5) is 29.5. The third-order valence-electron chi connectivity index (χ3n) is 6.68. The normalized spacial score (nSPS) is 17.3. The van der Waals surface area contributed by atoms with Gasteiger partial charge in [-0.3, -0.25) is 9.59 Å². The zero-order valence-electron chi connectivity index (χ0n) is 21.4. The van der Waals surface area contributed by atoms with Crippen LogP contribution in [0.5, 0.6) is 5.75 Å². The molecular formula is C29H34N2O4S. The van der Waals surface area contributed by atoms with Gasteiger partial charge in [0, 0.05) is 30.6 Å². The molecule has 36 heavy (non-hydrogen) atoms. The second-order valence-corrected chi connectivity index (χ2v) is 10.4. The Labute approximate surface area is 217 Å². The molecule has 1 aromatic heterocycles. The van der Waals surface area contributed by atoms with Gasteiger partial charge in [0.2, 0.25) is 5.91 Å². The van der Waals surface area contributed by atoms with Crippen LogP contribution in [0.4, 0.5) is 0 Å². The van der Waals surface area contributed by atoms with Gasteiger partial charge in [0.15, 0.2) is 0 Å². The number of rotatable bonds is 9. The maximum atomic E-state index is 13.3. The predicted molar refractivity (Wildman–Crippen MR) is 143 cm³/mol. The number of ether oxygens (including phenoxy) is 2. The lowest BCUT2D eigenvalue weighted by Crippen LogP contribution is -2.45. The lowest BCUT2D eigenvalue weighted by Gasteiger charge is -2.24. The highest BCUT2D eigenvalue weighted by Gasteiger charge is 2.38. The van der Waals surface area contributed by atoms with E-state index < -0.39 is 6.04 Å². The van der Waals surface area contributed by atoms with Crippen molar-refractivity contribution in [3.8, 4) is 16.2 Å². The zero-order valence-corrected chi connectivity index (χ0v) is 22.2. The topological polar surface area (TPSA) is 67.9 Å². The van der Waals surface area contributed by atoms with Crippen LogP contribution in [0.25, 0.3) is 10.4 Å². The lowest BCUT2D eigenvalue weighted by atomic mass is 10.1. The van der Waals surface area contributed by atoms with E-state index >= 15 is 0 Å². The second-order valence-electron chi connectivity index (χ2n) is 9.47. The fourth-order valence-electron chi connectivity index (χ4n) is 4.52. The number of likely N-dealkylation sites (tertiary alicyclic amines) is 1. The molecule has 2 heterocycles. The Morgan fingerprint density at radius 2 is 1.89 bits per heavy atom. The molecule has 1 aliphatic heterocycles. The Bertz CT molecular complexity index is 1200. The Kier molecular flexibility index (Phi) is 8.44. The zero-order chi connectivity index (χ0) is 25.7. The summed E-state index contributed by atoms with van der Waals surface area (Å²) in [5.74, 6) is 0.599. The van der Waals surface area contributed by atoms with Gasteiger partial charge in [0.25, 0.3) is 5.91 Å². The number of aryl methyl sites for hydroxylation is 1. The van der Waals surface area contributed by atoms with Crippen molar-refractivity contribution in [2.45, 2.75) is 39.8 Å². The van der Waals surface area contributed by atoms with Gasteiger partial charge in [0.05, 0.1) is 6.61 Å². The SMILES string of the molecule is COCCOc1cccc(C(=O)N2CC(C)CC2C(=O)NCc2ccc(-c3scc(C)c3C)cc2)c1. The highest BCUT2D eigenvalue weighted by Crippen LogP contribution is 2.32. The van der Waals surface area contributed by atoms with Crippen LogP contribution in [0.3, 0.4) is 0 Å². The van der Waals surface area contributed by atoms with Gasteiger partial charge < -0.3 is 19.7 Å². The standard InChI is InChI=1S/C29H34N2O4S/c1-19-14-26(31(17-19)29(33)24-6-5-7-25(15-24)35-13-12-34-4)28(32)30-16-22-8-10-23(11-9-22)27-21(3)20(2)18-36-27/h5-11,15,18-19,26H,12-14,16-17H2,1-4H3,(H,30,32). The Morgan fingerprint density at radius 1 is 1.11 bits per heavy atom. The molecule has 3 aromatic rings. The minimum absolute atomic E-state index is 0.117. The van der Waals surface area contributed by atoms with Gasteiger partial charge in [-0.1, -0.05) is 37.3 Å². The first-order valence-electron chi connectivity index (χ1n) is 12.3. The van der Waals surface area contributed by atoms with Crippen LogP contribution >= 0.6 is 11.3 Å². The number of nitrogens with zero attached hydrogens (tertiary/aromatic N) is 1. The third-order valence-corrected chi connectivity index (χ3v) is 7.93. The van der Waals surface area contributed by atoms with E-state index in [4.69, 9.17) is 9.47 Å². The number of carbonyl (C=O) groups excluding carboxylic acids is 2. The molecule has 0 bridgehead atoms. The summed E-state index contributed by atoms with van der Waals surface area (Å²) in [5.41, 5.74) is 5.36. The van der Waals surface area contributed by atoms with E-state index in [2.05, 4.69) is 55.7 Å². The van der Waals surface area contributed by atoms with E-state index in [1.54, 1.807) is 41.5 Å². The lowest BCUT2D eigenvalue weighted by molar-refractivity contribution is -0.125. The highest BCUT2D eigenvalue weighted by atomic mass is 32.1. The summed E-state index contributed by atoms with van der Waals surface area (Å²) < 4.78 is 10.7. The predicted octanol–water partition coefficient (Wildman–Crippen LogP) is 5.22. The summed E-state index contributed by atoms with van der Waals surface area (Å²) in [6, 6.07) is 14.9. The maximum absolute atomic E-state index is 13.3. The number of hydrogen-bond donors (Lipinski definition) is 1. The van der Waals surface area contributed by atoms with Crippen LogP contribution in [0.2, 0.25) is 0 Å². The molecular weight excluding hydrogens is 472 g/mol. The van der Waals surface area contributed by atoms with Gasteiger partial charge in [-0.2, -0.15) is 0 Å². The van der Waals surface area contributed by atoms with Gasteiger partial charge >= 0.3 is 0 Å². The number of thiophene rings is 1. The molecule has 4 rings (SSSR count). The molecule has 0 aliphatic carbocycles.